The van der Waals surface area contributed by atoms with Gasteiger partial charge in [0.2, 0.25) is 5.89 Å². The largest absolute Gasteiger partial charge is 0.444 e. The summed E-state index contributed by atoms with van der Waals surface area (Å²) in [6.07, 6.45) is 2.43. The zero-order chi connectivity index (χ0) is 20.2. The molecule has 3 aromatic rings. The van der Waals surface area contributed by atoms with Gasteiger partial charge in [-0.25, -0.2) is 13.8 Å². The zero-order valence-electron chi connectivity index (χ0n) is 15.9. The van der Waals surface area contributed by atoms with Crippen LogP contribution in [-0.2, 0) is 6.54 Å². The fourth-order valence-corrected chi connectivity index (χ4v) is 3.47. The molecule has 0 unspecified atom stereocenters. The highest BCUT2D eigenvalue weighted by atomic mass is 19.1. The first-order chi connectivity index (χ1) is 14.1. The van der Waals surface area contributed by atoms with Crippen LogP contribution in [0.3, 0.4) is 0 Å². The molecule has 0 radical (unpaired) electrons. The summed E-state index contributed by atoms with van der Waals surface area (Å²) in [5, 5.41) is 0. The minimum Gasteiger partial charge on any atom is -0.444 e. The Bertz CT molecular complexity index is 988. The second kappa shape index (κ2) is 8.53. The van der Waals surface area contributed by atoms with Gasteiger partial charge < -0.3 is 9.32 Å². The van der Waals surface area contributed by atoms with Gasteiger partial charge in [0, 0.05) is 43.9 Å². The molecular formula is C22H21F2N3O2. The van der Waals surface area contributed by atoms with Crippen LogP contribution in [-0.4, -0.2) is 46.9 Å². The predicted molar refractivity (Wildman–Crippen MR) is 104 cm³/mol. The molecule has 150 valence electrons. The Kier molecular flexibility index (Phi) is 5.67. The summed E-state index contributed by atoms with van der Waals surface area (Å²) < 4.78 is 32.0. The molecule has 29 heavy (non-hydrogen) atoms. The van der Waals surface area contributed by atoms with E-state index in [0.717, 1.165) is 24.2 Å². The summed E-state index contributed by atoms with van der Waals surface area (Å²) in [5.41, 5.74) is 1.88. The van der Waals surface area contributed by atoms with Crippen LogP contribution < -0.4 is 0 Å². The molecule has 2 aromatic carbocycles. The van der Waals surface area contributed by atoms with Gasteiger partial charge in [0.15, 0.2) is 0 Å². The number of amides is 1. The number of oxazole rings is 1. The van der Waals surface area contributed by atoms with E-state index in [1.54, 1.807) is 35.4 Å². The summed E-state index contributed by atoms with van der Waals surface area (Å²) >= 11 is 0. The highest BCUT2D eigenvalue weighted by molar-refractivity contribution is 5.94. The average Bonchev–Trinajstić information content (AvgIpc) is 3.06. The van der Waals surface area contributed by atoms with Crippen molar-refractivity contribution in [3.8, 4) is 11.5 Å². The van der Waals surface area contributed by atoms with E-state index >= 15 is 0 Å². The lowest BCUT2D eigenvalue weighted by molar-refractivity contribution is 0.0760. The van der Waals surface area contributed by atoms with Gasteiger partial charge in [-0.3, -0.25) is 9.69 Å². The van der Waals surface area contributed by atoms with Gasteiger partial charge in [-0.05, 0) is 48.9 Å². The van der Waals surface area contributed by atoms with E-state index in [2.05, 4.69) is 9.88 Å². The Hall–Kier alpha value is -3.06. The van der Waals surface area contributed by atoms with Crippen LogP contribution in [0.15, 0.2) is 59.2 Å². The number of hydrogen-bond acceptors (Lipinski definition) is 4. The standard InChI is InChI=1S/C22H21F2N3O2/c23-18-7-5-16(6-8-18)21-25-20(15-29-21)14-26-9-2-10-27(12-11-26)22(28)17-3-1-4-19(24)13-17/h1,3-8,13,15H,2,9-12,14H2. The first-order valence-corrected chi connectivity index (χ1v) is 9.56. The Morgan fingerprint density at radius 3 is 2.62 bits per heavy atom. The van der Waals surface area contributed by atoms with Crippen LogP contribution in [0.25, 0.3) is 11.5 Å². The second-order valence-corrected chi connectivity index (χ2v) is 7.08. The van der Waals surface area contributed by atoms with Crippen LogP contribution >= 0.6 is 0 Å². The van der Waals surface area contributed by atoms with Crippen LogP contribution in [0, 0.1) is 11.6 Å². The normalized spacial score (nSPS) is 15.3. The summed E-state index contributed by atoms with van der Waals surface area (Å²) in [6.45, 7) is 3.32. The quantitative estimate of drug-likeness (QED) is 0.669. The third-order valence-corrected chi connectivity index (χ3v) is 4.98. The van der Waals surface area contributed by atoms with Gasteiger partial charge in [-0.1, -0.05) is 6.07 Å². The number of benzene rings is 2. The van der Waals surface area contributed by atoms with Crippen LogP contribution in [0.4, 0.5) is 8.78 Å². The van der Waals surface area contributed by atoms with Crippen LogP contribution in [0.1, 0.15) is 22.5 Å². The van der Waals surface area contributed by atoms with Crippen molar-refractivity contribution < 1.29 is 18.0 Å². The maximum absolute atomic E-state index is 13.4. The van der Waals surface area contributed by atoms with Crippen molar-refractivity contribution in [2.24, 2.45) is 0 Å². The van der Waals surface area contributed by atoms with Gasteiger partial charge in [0.05, 0.1) is 5.69 Å². The predicted octanol–water partition coefficient (Wildman–Crippen LogP) is 3.97. The maximum Gasteiger partial charge on any atom is 0.254 e. The van der Waals surface area contributed by atoms with Crippen molar-refractivity contribution in [1.29, 1.82) is 0 Å². The molecule has 1 aliphatic heterocycles. The second-order valence-electron chi connectivity index (χ2n) is 7.08. The third kappa shape index (κ3) is 4.68. The monoisotopic (exact) mass is 397 g/mol. The molecule has 1 saturated heterocycles. The molecule has 0 atom stereocenters. The van der Waals surface area contributed by atoms with Crippen molar-refractivity contribution in [2.45, 2.75) is 13.0 Å². The minimum absolute atomic E-state index is 0.147. The van der Waals surface area contributed by atoms with Crippen LogP contribution in [0.5, 0.6) is 0 Å². The molecule has 1 amide bonds. The molecule has 1 fully saturated rings. The van der Waals surface area contributed by atoms with E-state index in [9.17, 15) is 13.6 Å². The highest BCUT2D eigenvalue weighted by Gasteiger charge is 2.21. The maximum atomic E-state index is 13.4. The first-order valence-electron chi connectivity index (χ1n) is 9.56. The summed E-state index contributed by atoms with van der Waals surface area (Å²) in [4.78, 5) is 21.1. The van der Waals surface area contributed by atoms with E-state index in [1.807, 2.05) is 0 Å². The van der Waals surface area contributed by atoms with Crippen molar-refractivity contribution in [3.63, 3.8) is 0 Å². The molecule has 0 saturated carbocycles. The molecule has 0 bridgehead atoms. The number of halogens is 2. The van der Waals surface area contributed by atoms with Crippen molar-refractivity contribution in [3.05, 3.63) is 77.7 Å². The van der Waals surface area contributed by atoms with Crippen molar-refractivity contribution in [2.75, 3.05) is 26.2 Å². The Morgan fingerprint density at radius 2 is 1.83 bits per heavy atom. The highest BCUT2D eigenvalue weighted by Crippen LogP contribution is 2.20. The molecule has 2 heterocycles. The lowest BCUT2D eigenvalue weighted by atomic mass is 10.2. The molecular weight excluding hydrogens is 376 g/mol. The first kappa shape index (κ1) is 19.3. The molecule has 5 nitrogen and oxygen atoms in total. The Labute approximate surface area is 167 Å². The molecule has 1 aromatic heterocycles. The van der Waals surface area contributed by atoms with Crippen molar-refractivity contribution in [1.82, 2.24) is 14.8 Å². The Balaban J connectivity index is 1.37. The fraction of sp³-hybridized carbons (Fsp3) is 0.273. The number of nitrogens with zero attached hydrogens (tertiary/aromatic N) is 3. The van der Waals surface area contributed by atoms with Gasteiger partial charge in [-0.15, -0.1) is 0 Å². The van der Waals surface area contributed by atoms with Gasteiger partial charge >= 0.3 is 0 Å². The number of rotatable bonds is 4. The van der Waals surface area contributed by atoms with Gasteiger partial charge in [-0.2, -0.15) is 0 Å². The smallest absolute Gasteiger partial charge is 0.254 e. The van der Waals surface area contributed by atoms with Crippen molar-refractivity contribution >= 4 is 5.91 Å². The molecule has 0 aliphatic carbocycles. The molecule has 0 N–H and O–H groups in total. The lowest BCUT2D eigenvalue weighted by Crippen LogP contribution is -2.35. The molecule has 7 heteroatoms. The van der Waals surface area contributed by atoms with E-state index < -0.39 is 5.82 Å². The zero-order valence-corrected chi connectivity index (χ0v) is 15.9. The van der Waals surface area contributed by atoms with Crippen LogP contribution in [0.2, 0.25) is 0 Å². The third-order valence-electron chi connectivity index (χ3n) is 4.98. The van der Waals surface area contributed by atoms with Gasteiger partial charge in [0.25, 0.3) is 5.91 Å². The lowest BCUT2D eigenvalue weighted by Gasteiger charge is -2.21. The fourth-order valence-electron chi connectivity index (χ4n) is 3.47. The summed E-state index contributed by atoms with van der Waals surface area (Å²) in [7, 11) is 0. The Morgan fingerprint density at radius 1 is 1.00 bits per heavy atom. The number of carbonyl (C=O) groups excluding carboxylic acids is 1. The molecule has 0 spiro atoms. The van der Waals surface area contributed by atoms with E-state index in [4.69, 9.17) is 4.42 Å². The van der Waals surface area contributed by atoms with E-state index in [0.29, 0.717) is 37.6 Å². The molecule has 4 rings (SSSR count). The number of hydrogen-bond donors (Lipinski definition) is 0. The topological polar surface area (TPSA) is 49.6 Å². The van der Waals surface area contributed by atoms with Gasteiger partial charge in [0.1, 0.15) is 17.9 Å². The number of carbonyl (C=O) groups is 1. The average molecular weight is 397 g/mol. The van der Waals surface area contributed by atoms with E-state index in [1.165, 1.54) is 24.3 Å². The van der Waals surface area contributed by atoms with E-state index in [-0.39, 0.29) is 11.7 Å². The minimum atomic E-state index is -0.407. The number of aromatic nitrogens is 1. The summed E-state index contributed by atoms with van der Waals surface area (Å²) in [6, 6.07) is 11.8. The summed E-state index contributed by atoms with van der Waals surface area (Å²) in [5.74, 6) is -0.401. The SMILES string of the molecule is O=C(c1cccc(F)c1)N1CCCN(Cc2coc(-c3ccc(F)cc3)n2)CC1. The molecule has 1 aliphatic rings.